The first-order valence-corrected chi connectivity index (χ1v) is 3.85. The zero-order chi connectivity index (χ0) is 6.97. The first-order valence-electron chi connectivity index (χ1n) is 3.85. The second-order valence-corrected chi connectivity index (χ2v) is 3.07. The third-order valence-electron chi connectivity index (χ3n) is 2.27. The largest absolute Gasteiger partial charge is 0.327 e. The summed E-state index contributed by atoms with van der Waals surface area (Å²) in [4.78, 5) is 4.28. The highest BCUT2D eigenvalue weighted by molar-refractivity contribution is 5.67. The van der Waals surface area contributed by atoms with Crippen molar-refractivity contribution in [2.24, 2.45) is 10.7 Å². The van der Waals surface area contributed by atoms with E-state index in [-0.39, 0.29) is 0 Å². The minimum Gasteiger partial charge on any atom is -0.327 e. The summed E-state index contributed by atoms with van der Waals surface area (Å²) in [7, 11) is 0. The molecule has 0 aromatic heterocycles. The Morgan fingerprint density at radius 3 is 3.40 bits per heavy atom. The molecule has 0 saturated heterocycles. The predicted molar refractivity (Wildman–Crippen MR) is 42.0 cm³/mol. The van der Waals surface area contributed by atoms with Gasteiger partial charge in [0.15, 0.2) is 0 Å². The highest BCUT2D eigenvalue weighted by atomic mass is 14.8. The summed E-state index contributed by atoms with van der Waals surface area (Å²) in [5.41, 5.74) is 8.59. The van der Waals surface area contributed by atoms with Crippen molar-refractivity contribution in [3.63, 3.8) is 0 Å². The summed E-state index contributed by atoms with van der Waals surface area (Å²) in [5.74, 6) is 0. The summed E-state index contributed by atoms with van der Waals surface area (Å²) in [6, 6.07) is 0.369. The summed E-state index contributed by atoms with van der Waals surface area (Å²) < 4.78 is 0. The van der Waals surface area contributed by atoms with Gasteiger partial charge in [-0.3, -0.25) is 4.99 Å². The summed E-state index contributed by atoms with van der Waals surface area (Å²) in [6.07, 6.45) is 6.43. The summed E-state index contributed by atoms with van der Waals surface area (Å²) in [6.45, 7) is 0. The van der Waals surface area contributed by atoms with Crippen molar-refractivity contribution in [3.8, 4) is 0 Å². The molecule has 0 fully saturated rings. The van der Waals surface area contributed by atoms with E-state index in [1.807, 2.05) is 6.21 Å². The van der Waals surface area contributed by atoms with Gasteiger partial charge in [0.05, 0.1) is 0 Å². The second-order valence-electron chi connectivity index (χ2n) is 3.07. The molecular formula is C8H12N2. The molecule has 0 saturated carbocycles. The molecule has 2 rings (SSSR count). The van der Waals surface area contributed by atoms with Crippen LogP contribution in [0, 0.1) is 0 Å². The fraction of sp³-hybridized carbons (Fsp3) is 0.625. The molecule has 0 spiro atoms. The minimum absolute atomic E-state index is 0.369. The fourth-order valence-corrected chi connectivity index (χ4v) is 1.63. The molecule has 1 atom stereocenters. The normalized spacial score (nSPS) is 31.1. The lowest BCUT2D eigenvalue weighted by molar-refractivity contribution is 0.568. The third-order valence-corrected chi connectivity index (χ3v) is 2.27. The van der Waals surface area contributed by atoms with E-state index in [0.29, 0.717) is 6.04 Å². The lowest BCUT2D eigenvalue weighted by Crippen LogP contribution is -2.23. The van der Waals surface area contributed by atoms with Crippen molar-refractivity contribution in [2.45, 2.75) is 31.7 Å². The van der Waals surface area contributed by atoms with Gasteiger partial charge in [0.25, 0.3) is 0 Å². The van der Waals surface area contributed by atoms with Crippen molar-refractivity contribution in [3.05, 3.63) is 11.3 Å². The molecule has 0 radical (unpaired) electrons. The molecule has 2 nitrogen and oxygen atoms in total. The van der Waals surface area contributed by atoms with Crippen molar-refractivity contribution >= 4 is 6.21 Å². The van der Waals surface area contributed by atoms with E-state index in [0.717, 1.165) is 19.3 Å². The average molecular weight is 136 g/mol. The maximum atomic E-state index is 5.78. The van der Waals surface area contributed by atoms with E-state index in [2.05, 4.69) is 4.99 Å². The van der Waals surface area contributed by atoms with Crippen LogP contribution < -0.4 is 5.73 Å². The topological polar surface area (TPSA) is 38.4 Å². The maximum Gasteiger partial charge on any atom is 0.0410 e. The van der Waals surface area contributed by atoms with E-state index in [1.54, 1.807) is 0 Å². The Bertz CT molecular complexity index is 203. The average Bonchev–Trinajstić information content (AvgIpc) is 2.33. The Labute approximate surface area is 60.8 Å². The van der Waals surface area contributed by atoms with E-state index < -0.39 is 0 Å². The van der Waals surface area contributed by atoms with Crippen LogP contribution in [0.1, 0.15) is 25.7 Å². The molecule has 1 heterocycles. The van der Waals surface area contributed by atoms with Crippen LogP contribution in [0.15, 0.2) is 16.3 Å². The number of hydrogen-bond donors (Lipinski definition) is 1. The molecule has 2 aliphatic rings. The van der Waals surface area contributed by atoms with Crippen LogP contribution in [0.2, 0.25) is 0 Å². The third kappa shape index (κ3) is 0.886. The van der Waals surface area contributed by atoms with Crippen LogP contribution in [-0.4, -0.2) is 12.3 Å². The summed E-state index contributed by atoms with van der Waals surface area (Å²) in [5, 5.41) is 0. The van der Waals surface area contributed by atoms with Crippen molar-refractivity contribution in [2.75, 3.05) is 0 Å². The Morgan fingerprint density at radius 1 is 1.60 bits per heavy atom. The van der Waals surface area contributed by atoms with Gasteiger partial charge in [0.2, 0.25) is 0 Å². The highest BCUT2D eigenvalue weighted by Crippen LogP contribution is 2.29. The van der Waals surface area contributed by atoms with Crippen LogP contribution in [0.4, 0.5) is 0 Å². The van der Waals surface area contributed by atoms with Crippen molar-refractivity contribution in [1.29, 1.82) is 0 Å². The Morgan fingerprint density at radius 2 is 2.50 bits per heavy atom. The molecule has 0 aromatic rings. The lowest BCUT2D eigenvalue weighted by atomic mass is 9.93. The van der Waals surface area contributed by atoms with E-state index >= 15 is 0 Å². The van der Waals surface area contributed by atoms with Crippen LogP contribution in [0.5, 0.6) is 0 Å². The molecule has 0 amide bonds. The summed E-state index contributed by atoms with van der Waals surface area (Å²) >= 11 is 0. The predicted octanol–water partition coefficient (Wildman–Crippen LogP) is 1.23. The quantitative estimate of drug-likeness (QED) is 0.534. The van der Waals surface area contributed by atoms with Crippen LogP contribution >= 0.6 is 0 Å². The van der Waals surface area contributed by atoms with Gasteiger partial charge in [-0.2, -0.15) is 0 Å². The van der Waals surface area contributed by atoms with Gasteiger partial charge in [-0.15, -0.1) is 0 Å². The van der Waals surface area contributed by atoms with Crippen LogP contribution in [-0.2, 0) is 0 Å². The second kappa shape index (κ2) is 2.20. The number of nitrogens with two attached hydrogens (primary N) is 1. The molecule has 10 heavy (non-hydrogen) atoms. The molecule has 1 aliphatic heterocycles. The van der Waals surface area contributed by atoms with E-state index in [4.69, 9.17) is 5.73 Å². The fourth-order valence-electron chi connectivity index (χ4n) is 1.63. The van der Waals surface area contributed by atoms with Gasteiger partial charge in [-0.25, -0.2) is 0 Å². The lowest BCUT2D eigenvalue weighted by Gasteiger charge is -2.18. The number of allylic oxidation sites excluding steroid dienone is 1. The van der Waals surface area contributed by atoms with Gasteiger partial charge < -0.3 is 5.73 Å². The van der Waals surface area contributed by atoms with E-state index in [1.165, 1.54) is 17.7 Å². The molecule has 54 valence electrons. The van der Waals surface area contributed by atoms with Gasteiger partial charge in [0.1, 0.15) is 0 Å². The smallest absolute Gasteiger partial charge is 0.0410 e. The Kier molecular flexibility index (Phi) is 1.34. The molecule has 1 aliphatic carbocycles. The first kappa shape index (κ1) is 6.10. The van der Waals surface area contributed by atoms with Crippen LogP contribution in [0.3, 0.4) is 0 Å². The zero-order valence-corrected chi connectivity index (χ0v) is 6.01. The van der Waals surface area contributed by atoms with Crippen molar-refractivity contribution in [1.82, 2.24) is 0 Å². The Balaban J connectivity index is 2.19. The molecular weight excluding hydrogens is 124 g/mol. The number of rotatable bonds is 0. The first-order chi connectivity index (χ1) is 4.86. The Hall–Kier alpha value is -0.630. The molecule has 0 bridgehead atoms. The number of nitrogens with zero attached hydrogens (tertiary/aromatic N) is 1. The standard InChI is InChI=1S/C8H12N2/c9-7-2-1-6-3-4-10-8(6)5-7/h4,7H,1-3,5,9H2. The SMILES string of the molecule is NC1CCC2=C(C1)N=CC2. The maximum absolute atomic E-state index is 5.78. The number of aliphatic imine (C=N–C) groups is 1. The molecule has 2 N–H and O–H groups in total. The van der Waals surface area contributed by atoms with Gasteiger partial charge in [0, 0.05) is 30.8 Å². The van der Waals surface area contributed by atoms with Crippen molar-refractivity contribution < 1.29 is 0 Å². The molecule has 0 aromatic carbocycles. The van der Waals surface area contributed by atoms with Gasteiger partial charge in [-0.1, -0.05) is 0 Å². The van der Waals surface area contributed by atoms with Gasteiger partial charge in [-0.05, 0) is 18.4 Å². The minimum atomic E-state index is 0.369. The molecule has 2 heteroatoms. The number of hydrogen-bond acceptors (Lipinski definition) is 2. The monoisotopic (exact) mass is 136 g/mol. The zero-order valence-electron chi connectivity index (χ0n) is 6.01. The van der Waals surface area contributed by atoms with Crippen LogP contribution in [0.25, 0.3) is 0 Å². The molecule has 1 unspecified atom stereocenters. The highest BCUT2D eigenvalue weighted by Gasteiger charge is 2.19. The van der Waals surface area contributed by atoms with Gasteiger partial charge >= 0.3 is 0 Å². The van der Waals surface area contributed by atoms with E-state index in [9.17, 15) is 0 Å².